The molecule has 7 nitrogen and oxygen atoms in total. The van der Waals surface area contributed by atoms with Crippen LogP contribution in [0, 0.1) is 0 Å². The Balaban J connectivity index is 0.00000280. The zero-order chi connectivity index (χ0) is 19.1. The van der Waals surface area contributed by atoms with E-state index in [1.165, 1.54) is 0 Å². The average Bonchev–Trinajstić information content (AvgIpc) is 2.73. The largest absolute Gasteiger partial charge is 0.340 e. The highest BCUT2D eigenvalue weighted by atomic mass is 35.5. The molecule has 0 aromatic heterocycles. The van der Waals surface area contributed by atoms with Crippen LogP contribution >= 0.6 is 12.4 Å². The van der Waals surface area contributed by atoms with Crippen molar-refractivity contribution in [2.75, 3.05) is 66.0 Å². The van der Waals surface area contributed by atoms with Crippen LogP contribution in [0.5, 0.6) is 0 Å². The molecular formula is C20H32ClN5O2. The number of carbonyl (C=O) groups is 2. The van der Waals surface area contributed by atoms with Gasteiger partial charge in [0.05, 0.1) is 0 Å². The van der Waals surface area contributed by atoms with Gasteiger partial charge in [-0.15, -0.1) is 12.4 Å². The maximum atomic E-state index is 12.6. The van der Waals surface area contributed by atoms with Gasteiger partial charge in [0.15, 0.2) is 0 Å². The first kappa shape index (κ1) is 22.5. The highest BCUT2D eigenvalue weighted by Crippen LogP contribution is 2.09. The van der Waals surface area contributed by atoms with Gasteiger partial charge < -0.3 is 20.0 Å². The lowest BCUT2D eigenvalue weighted by Gasteiger charge is -2.37. The predicted molar refractivity (Wildman–Crippen MR) is 113 cm³/mol. The van der Waals surface area contributed by atoms with E-state index in [0.29, 0.717) is 13.0 Å². The first-order valence-electron chi connectivity index (χ1n) is 9.88. The number of rotatable bonds is 5. The van der Waals surface area contributed by atoms with E-state index in [4.69, 9.17) is 0 Å². The minimum absolute atomic E-state index is 0. The zero-order valence-corrected chi connectivity index (χ0v) is 17.5. The van der Waals surface area contributed by atoms with E-state index in [0.717, 1.165) is 64.5 Å². The fourth-order valence-electron chi connectivity index (χ4n) is 3.66. The molecule has 1 N–H and O–H groups in total. The Morgan fingerprint density at radius 2 is 1.61 bits per heavy atom. The van der Waals surface area contributed by atoms with E-state index < -0.39 is 0 Å². The van der Waals surface area contributed by atoms with Gasteiger partial charge >= 0.3 is 6.03 Å². The van der Waals surface area contributed by atoms with Gasteiger partial charge in [0, 0.05) is 78.9 Å². The van der Waals surface area contributed by atoms with Crippen molar-refractivity contribution in [3.05, 3.63) is 35.9 Å². The van der Waals surface area contributed by atoms with Crippen LogP contribution in [0.15, 0.2) is 30.3 Å². The quantitative estimate of drug-likeness (QED) is 0.791. The molecule has 28 heavy (non-hydrogen) atoms. The molecule has 0 bridgehead atoms. The molecule has 0 unspecified atom stereocenters. The Bertz CT molecular complexity index is 616. The van der Waals surface area contributed by atoms with E-state index in [1.807, 2.05) is 47.2 Å². The fraction of sp³-hybridized carbons (Fsp3) is 0.600. The summed E-state index contributed by atoms with van der Waals surface area (Å²) in [7, 11) is 1.86. The third-order valence-electron chi connectivity index (χ3n) is 5.34. The van der Waals surface area contributed by atoms with Crippen molar-refractivity contribution in [2.45, 2.75) is 13.0 Å². The zero-order valence-electron chi connectivity index (χ0n) is 16.7. The lowest BCUT2D eigenvalue weighted by atomic mass is 10.2. The van der Waals surface area contributed by atoms with Crippen LogP contribution in [0.2, 0.25) is 0 Å². The number of nitrogens with zero attached hydrogens (tertiary/aromatic N) is 4. The summed E-state index contributed by atoms with van der Waals surface area (Å²) in [5.41, 5.74) is 1.14. The molecule has 2 fully saturated rings. The van der Waals surface area contributed by atoms with Gasteiger partial charge in [-0.25, -0.2) is 4.79 Å². The molecule has 0 atom stereocenters. The maximum Gasteiger partial charge on any atom is 0.320 e. The van der Waals surface area contributed by atoms with Gasteiger partial charge in [0.2, 0.25) is 5.91 Å². The second-order valence-corrected chi connectivity index (χ2v) is 7.33. The number of hydrogen-bond acceptors (Lipinski definition) is 4. The van der Waals surface area contributed by atoms with Crippen molar-refractivity contribution < 1.29 is 9.59 Å². The highest BCUT2D eigenvalue weighted by Gasteiger charge is 2.24. The first-order valence-corrected chi connectivity index (χ1v) is 9.88. The Morgan fingerprint density at radius 3 is 2.25 bits per heavy atom. The van der Waals surface area contributed by atoms with Crippen LogP contribution < -0.4 is 5.32 Å². The smallest absolute Gasteiger partial charge is 0.320 e. The number of benzene rings is 1. The van der Waals surface area contributed by atoms with Crippen molar-refractivity contribution >= 4 is 24.3 Å². The molecule has 3 rings (SSSR count). The number of hydrogen-bond donors (Lipinski definition) is 1. The topological polar surface area (TPSA) is 59.1 Å². The molecule has 2 heterocycles. The van der Waals surface area contributed by atoms with E-state index in [-0.39, 0.29) is 24.3 Å². The van der Waals surface area contributed by atoms with Crippen molar-refractivity contribution in [2.24, 2.45) is 0 Å². The SMILES string of the molecule is CN(Cc1ccccc1)C(=O)N1CCN(CCC(=O)N2CCNCC2)CC1.Cl. The third kappa shape index (κ3) is 6.36. The summed E-state index contributed by atoms with van der Waals surface area (Å²) in [6.07, 6.45) is 0.571. The molecule has 2 aliphatic heterocycles. The lowest BCUT2D eigenvalue weighted by Crippen LogP contribution is -2.52. The standard InChI is InChI=1S/C20H31N5O2.ClH/c1-22(17-18-5-3-2-4-6-18)20(27)25-15-13-23(14-16-25)10-7-19(26)24-11-8-21-9-12-24;/h2-6,21H,7-17H2,1H3;1H. The minimum atomic E-state index is 0. The van der Waals surface area contributed by atoms with Gasteiger partial charge in [0.1, 0.15) is 0 Å². The molecule has 1 aromatic carbocycles. The summed E-state index contributed by atoms with van der Waals surface area (Å²) in [4.78, 5) is 32.9. The summed E-state index contributed by atoms with van der Waals surface area (Å²) in [5, 5.41) is 3.27. The van der Waals surface area contributed by atoms with Crippen LogP contribution in [0.25, 0.3) is 0 Å². The van der Waals surface area contributed by atoms with Crippen LogP contribution in [0.1, 0.15) is 12.0 Å². The molecule has 0 spiro atoms. The second-order valence-electron chi connectivity index (χ2n) is 7.33. The number of amides is 3. The van der Waals surface area contributed by atoms with E-state index >= 15 is 0 Å². The van der Waals surface area contributed by atoms with Crippen LogP contribution in [-0.4, -0.2) is 97.5 Å². The number of carbonyl (C=O) groups excluding carboxylic acids is 2. The van der Waals surface area contributed by atoms with Gasteiger partial charge in [0.25, 0.3) is 0 Å². The van der Waals surface area contributed by atoms with E-state index in [2.05, 4.69) is 10.2 Å². The number of urea groups is 1. The Kier molecular flexibility index (Phi) is 9.02. The van der Waals surface area contributed by atoms with Crippen molar-refractivity contribution in [1.29, 1.82) is 0 Å². The molecule has 156 valence electrons. The van der Waals surface area contributed by atoms with Crippen LogP contribution in [-0.2, 0) is 11.3 Å². The Labute approximate surface area is 174 Å². The van der Waals surface area contributed by atoms with Gasteiger partial charge in [-0.1, -0.05) is 30.3 Å². The molecule has 0 aliphatic carbocycles. The molecule has 2 aliphatic rings. The van der Waals surface area contributed by atoms with Crippen molar-refractivity contribution in [3.63, 3.8) is 0 Å². The lowest BCUT2D eigenvalue weighted by molar-refractivity contribution is -0.132. The highest BCUT2D eigenvalue weighted by molar-refractivity contribution is 5.85. The third-order valence-corrected chi connectivity index (χ3v) is 5.34. The maximum absolute atomic E-state index is 12.6. The van der Waals surface area contributed by atoms with Crippen molar-refractivity contribution in [1.82, 2.24) is 24.9 Å². The van der Waals surface area contributed by atoms with E-state index in [9.17, 15) is 9.59 Å². The van der Waals surface area contributed by atoms with Crippen LogP contribution in [0.4, 0.5) is 4.79 Å². The Morgan fingerprint density at radius 1 is 0.964 bits per heavy atom. The molecule has 0 radical (unpaired) electrons. The Hall–Kier alpha value is -1.83. The average molecular weight is 410 g/mol. The first-order chi connectivity index (χ1) is 13.1. The second kappa shape index (κ2) is 11.2. The summed E-state index contributed by atoms with van der Waals surface area (Å²) >= 11 is 0. The molecule has 3 amide bonds. The molecule has 0 saturated carbocycles. The monoisotopic (exact) mass is 409 g/mol. The van der Waals surface area contributed by atoms with Crippen molar-refractivity contribution in [3.8, 4) is 0 Å². The summed E-state index contributed by atoms with van der Waals surface area (Å²) in [5.74, 6) is 0.248. The summed E-state index contributed by atoms with van der Waals surface area (Å²) in [6.45, 7) is 7.93. The summed E-state index contributed by atoms with van der Waals surface area (Å²) in [6, 6.07) is 10.1. The predicted octanol–water partition coefficient (Wildman–Crippen LogP) is 1.10. The molecule has 1 aromatic rings. The van der Waals surface area contributed by atoms with E-state index in [1.54, 1.807) is 4.90 Å². The number of nitrogens with one attached hydrogen (secondary N) is 1. The molecule has 8 heteroatoms. The van der Waals surface area contributed by atoms with Crippen LogP contribution in [0.3, 0.4) is 0 Å². The summed E-state index contributed by atoms with van der Waals surface area (Å²) < 4.78 is 0. The minimum Gasteiger partial charge on any atom is -0.340 e. The number of piperazine rings is 2. The molecular weight excluding hydrogens is 378 g/mol. The van der Waals surface area contributed by atoms with Gasteiger partial charge in [-0.05, 0) is 5.56 Å². The molecule has 2 saturated heterocycles. The van der Waals surface area contributed by atoms with Gasteiger partial charge in [-0.2, -0.15) is 0 Å². The van der Waals surface area contributed by atoms with Gasteiger partial charge in [-0.3, -0.25) is 9.69 Å². The fourth-order valence-corrected chi connectivity index (χ4v) is 3.66. The number of halogens is 1. The normalized spacial score (nSPS) is 17.8.